The summed E-state index contributed by atoms with van der Waals surface area (Å²) in [6.07, 6.45) is 4.45. The van der Waals surface area contributed by atoms with Gasteiger partial charge in [-0.25, -0.2) is 15.0 Å². The zero-order valence-electron chi connectivity index (χ0n) is 18.0. The molecule has 0 amide bonds. The average molecular weight is 448 g/mol. The van der Waals surface area contributed by atoms with Gasteiger partial charge in [-0.3, -0.25) is 0 Å². The van der Waals surface area contributed by atoms with Gasteiger partial charge in [0.05, 0.1) is 27.1 Å². The molecule has 1 unspecified atom stereocenters. The molecule has 1 atom stereocenters. The zero-order chi connectivity index (χ0) is 22.9. The van der Waals surface area contributed by atoms with Crippen molar-refractivity contribution in [1.29, 1.82) is 0 Å². The van der Waals surface area contributed by atoms with E-state index < -0.39 is 7.12 Å². The minimum Gasteiger partial charge on any atom is -0.493 e. The van der Waals surface area contributed by atoms with Crippen molar-refractivity contribution in [2.24, 2.45) is 0 Å². The molecule has 5 rings (SSSR count). The molecule has 0 fully saturated rings. The van der Waals surface area contributed by atoms with Crippen molar-refractivity contribution in [3.8, 4) is 23.1 Å². The van der Waals surface area contributed by atoms with Crippen molar-refractivity contribution in [1.82, 2.24) is 19.5 Å². The molecule has 0 saturated carbocycles. The second kappa shape index (κ2) is 8.60. The molecule has 1 aromatic carbocycles. The van der Waals surface area contributed by atoms with Crippen LogP contribution in [0, 0.1) is 0 Å². The van der Waals surface area contributed by atoms with Crippen molar-refractivity contribution >= 4 is 23.7 Å². The first-order valence-electron chi connectivity index (χ1n) is 10.2. The van der Waals surface area contributed by atoms with Gasteiger partial charge in [0.25, 0.3) is 0 Å². The van der Waals surface area contributed by atoms with Gasteiger partial charge >= 0.3 is 7.12 Å². The molecule has 0 radical (unpaired) electrons. The highest BCUT2D eigenvalue weighted by Crippen LogP contribution is 2.44. The lowest BCUT2D eigenvalue weighted by Crippen LogP contribution is -2.30. The lowest BCUT2D eigenvalue weighted by Gasteiger charge is -2.28. The summed E-state index contributed by atoms with van der Waals surface area (Å²) in [5, 5.41) is 18.7. The van der Waals surface area contributed by atoms with Crippen LogP contribution in [0.4, 0.5) is 0 Å². The largest absolute Gasteiger partial charge is 0.493 e. The van der Waals surface area contributed by atoms with Crippen LogP contribution in [-0.4, -0.2) is 57.5 Å². The van der Waals surface area contributed by atoms with Crippen LogP contribution in [0.5, 0.6) is 23.1 Å². The third kappa shape index (κ3) is 4.03. The molecule has 3 aromatic heterocycles. The van der Waals surface area contributed by atoms with E-state index in [1.165, 1.54) is 6.20 Å². The van der Waals surface area contributed by atoms with Gasteiger partial charge in [0.2, 0.25) is 11.6 Å². The first kappa shape index (κ1) is 21.0. The molecule has 33 heavy (non-hydrogen) atoms. The molecule has 4 heterocycles. The maximum absolute atomic E-state index is 9.34. The van der Waals surface area contributed by atoms with E-state index in [1.54, 1.807) is 38.9 Å². The Kier molecular flexibility index (Phi) is 5.49. The number of hydrogen-bond acceptors (Lipinski definition) is 9. The van der Waals surface area contributed by atoms with Crippen LogP contribution in [0.25, 0.3) is 11.2 Å². The van der Waals surface area contributed by atoms with E-state index in [4.69, 9.17) is 18.9 Å². The van der Waals surface area contributed by atoms with E-state index in [1.807, 2.05) is 22.8 Å². The number of pyridine rings is 2. The molecule has 168 valence electrons. The number of hydrogen-bond donors (Lipinski definition) is 2. The third-order valence-electron chi connectivity index (χ3n) is 5.42. The van der Waals surface area contributed by atoms with Gasteiger partial charge < -0.3 is 33.6 Å². The molecular weight excluding hydrogens is 427 g/mol. The smallest absolute Gasteiger partial charge is 0.490 e. The summed E-state index contributed by atoms with van der Waals surface area (Å²) in [6, 6.07) is 9.06. The summed E-state index contributed by atoms with van der Waals surface area (Å²) >= 11 is 0. The van der Waals surface area contributed by atoms with Crippen molar-refractivity contribution in [3.63, 3.8) is 0 Å². The molecule has 0 aliphatic carbocycles. The molecule has 0 spiro atoms. The standard InChI is InChI=1S/C22H21BN4O6/c1-30-17-5-13(10-27-12-26-16-7-15(23(28)29)9-25-22(16)27)6-18-21(17)33-19(11-32-18)14-3-4-20(31-2)24-8-14/h3-9,12,19,28-29H,10-11H2,1-2H3. The fourth-order valence-electron chi connectivity index (χ4n) is 3.72. The van der Waals surface area contributed by atoms with Crippen LogP contribution in [0.2, 0.25) is 0 Å². The van der Waals surface area contributed by atoms with Gasteiger partial charge in [0.15, 0.2) is 23.3 Å². The lowest BCUT2D eigenvalue weighted by molar-refractivity contribution is 0.0867. The molecule has 4 aromatic rings. The van der Waals surface area contributed by atoms with E-state index in [9.17, 15) is 10.0 Å². The van der Waals surface area contributed by atoms with E-state index in [0.29, 0.717) is 47.4 Å². The highest BCUT2D eigenvalue weighted by atomic mass is 16.6. The van der Waals surface area contributed by atoms with Crippen LogP contribution >= 0.6 is 0 Å². The van der Waals surface area contributed by atoms with E-state index in [0.717, 1.165) is 11.1 Å². The Morgan fingerprint density at radius 3 is 2.70 bits per heavy atom. The van der Waals surface area contributed by atoms with Crippen molar-refractivity contribution < 1.29 is 29.0 Å². The van der Waals surface area contributed by atoms with Crippen LogP contribution in [-0.2, 0) is 6.54 Å². The molecule has 2 N–H and O–H groups in total. The minimum atomic E-state index is -1.59. The number of rotatable bonds is 6. The minimum absolute atomic E-state index is 0.287. The summed E-state index contributed by atoms with van der Waals surface area (Å²) in [4.78, 5) is 12.9. The molecule has 10 nitrogen and oxygen atoms in total. The Morgan fingerprint density at radius 1 is 1.09 bits per heavy atom. The third-order valence-corrected chi connectivity index (χ3v) is 5.42. The number of aromatic nitrogens is 4. The Morgan fingerprint density at radius 2 is 1.97 bits per heavy atom. The second-order valence-corrected chi connectivity index (χ2v) is 7.53. The van der Waals surface area contributed by atoms with E-state index >= 15 is 0 Å². The summed E-state index contributed by atoms with van der Waals surface area (Å²) in [5.74, 6) is 2.20. The van der Waals surface area contributed by atoms with Crippen molar-refractivity contribution in [2.45, 2.75) is 12.6 Å². The summed E-state index contributed by atoms with van der Waals surface area (Å²) in [7, 11) is 1.56. The number of ether oxygens (including phenoxy) is 4. The van der Waals surface area contributed by atoms with Gasteiger partial charge in [0.1, 0.15) is 12.1 Å². The molecule has 1 aliphatic heterocycles. The number of nitrogens with zero attached hydrogens (tertiary/aromatic N) is 4. The van der Waals surface area contributed by atoms with Crippen LogP contribution in [0.15, 0.2) is 49.1 Å². The van der Waals surface area contributed by atoms with Gasteiger partial charge in [-0.2, -0.15) is 0 Å². The Labute approximate surface area is 189 Å². The molecule has 1 aliphatic rings. The monoisotopic (exact) mass is 448 g/mol. The first-order chi connectivity index (χ1) is 16.1. The zero-order valence-corrected chi connectivity index (χ0v) is 18.0. The van der Waals surface area contributed by atoms with Gasteiger partial charge in [-0.1, -0.05) is 0 Å². The topological polar surface area (TPSA) is 121 Å². The van der Waals surface area contributed by atoms with E-state index in [2.05, 4.69) is 15.0 Å². The highest BCUT2D eigenvalue weighted by molar-refractivity contribution is 6.58. The summed E-state index contributed by atoms with van der Waals surface area (Å²) in [6.45, 7) is 0.790. The molecular formula is C22H21BN4O6. The summed E-state index contributed by atoms with van der Waals surface area (Å²) in [5.41, 5.74) is 3.26. The Hall–Kier alpha value is -3.83. The van der Waals surface area contributed by atoms with Crippen molar-refractivity contribution in [2.75, 3.05) is 20.8 Å². The van der Waals surface area contributed by atoms with Gasteiger partial charge in [0, 0.05) is 29.5 Å². The first-order valence-corrected chi connectivity index (χ1v) is 10.2. The van der Waals surface area contributed by atoms with Crippen LogP contribution < -0.4 is 24.4 Å². The quantitative estimate of drug-likeness (QED) is 0.418. The maximum atomic E-state index is 9.34. The number of benzene rings is 1. The second-order valence-electron chi connectivity index (χ2n) is 7.53. The average Bonchev–Trinajstić information content (AvgIpc) is 3.25. The number of imidazole rings is 1. The van der Waals surface area contributed by atoms with Gasteiger partial charge in [-0.15, -0.1) is 0 Å². The highest BCUT2D eigenvalue weighted by Gasteiger charge is 2.27. The number of fused-ring (bicyclic) bond motifs is 2. The van der Waals surface area contributed by atoms with Crippen molar-refractivity contribution in [3.05, 3.63) is 60.2 Å². The lowest BCUT2D eigenvalue weighted by atomic mass is 9.82. The SMILES string of the molecule is COc1ccc(C2COc3cc(Cn4cnc5cc(B(O)O)cnc54)cc(OC)c3O2)cn1. The van der Waals surface area contributed by atoms with Crippen LogP contribution in [0.3, 0.4) is 0 Å². The van der Waals surface area contributed by atoms with E-state index in [-0.39, 0.29) is 11.6 Å². The predicted octanol–water partition coefficient (Wildman–Crippen LogP) is 1.08. The fourth-order valence-corrected chi connectivity index (χ4v) is 3.72. The maximum Gasteiger partial charge on any atom is 0.490 e. The normalized spacial score (nSPS) is 14.8. The predicted molar refractivity (Wildman–Crippen MR) is 119 cm³/mol. The summed E-state index contributed by atoms with van der Waals surface area (Å²) < 4.78 is 24.8. The number of methoxy groups -OCH3 is 2. The van der Waals surface area contributed by atoms with Gasteiger partial charge in [-0.05, 0) is 29.8 Å². The molecule has 11 heteroatoms. The molecule has 0 bridgehead atoms. The molecule has 0 saturated heterocycles. The Balaban J connectivity index is 1.41. The van der Waals surface area contributed by atoms with Crippen LogP contribution in [0.1, 0.15) is 17.2 Å². The Bertz CT molecular complexity index is 1280. The fraction of sp³-hybridized carbons (Fsp3) is 0.227.